The van der Waals surface area contributed by atoms with Gasteiger partial charge in [-0.05, 0) is 13.8 Å². The van der Waals surface area contributed by atoms with Crippen LogP contribution < -0.4 is 9.47 Å². The van der Waals surface area contributed by atoms with Crippen molar-refractivity contribution in [1.29, 1.82) is 0 Å². The zero-order valence-electron chi connectivity index (χ0n) is 10.8. The zero-order valence-corrected chi connectivity index (χ0v) is 11.6. The molecule has 6 heteroatoms. The van der Waals surface area contributed by atoms with Gasteiger partial charge in [-0.15, -0.1) is 0 Å². The minimum absolute atomic E-state index is 0.0640. The second-order valence-corrected chi connectivity index (χ2v) is 5.01. The van der Waals surface area contributed by atoms with Crippen LogP contribution in [0.5, 0.6) is 11.5 Å². The third-order valence-corrected chi connectivity index (χ3v) is 3.79. The van der Waals surface area contributed by atoms with Gasteiger partial charge in [-0.3, -0.25) is 9.36 Å². The number of fused-ring (bicyclic) bond motifs is 3. The fourth-order valence-corrected chi connectivity index (χ4v) is 3.00. The Bertz CT molecular complexity index is 651. The highest BCUT2D eigenvalue weighted by Crippen LogP contribution is 2.36. The number of thioether (sulfide) groups is 1. The Hall–Kier alpha value is -1.69. The van der Waals surface area contributed by atoms with Gasteiger partial charge in [-0.1, -0.05) is 11.8 Å². The molecule has 0 amide bonds. The second kappa shape index (κ2) is 4.77. The number of hydrogen-bond acceptors (Lipinski definition) is 5. The van der Waals surface area contributed by atoms with Gasteiger partial charge < -0.3 is 9.47 Å². The topological polar surface area (TPSA) is 53.4 Å². The molecule has 1 aromatic carbocycles. The molecule has 3 rings (SSSR count). The van der Waals surface area contributed by atoms with Crippen LogP contribution in [0.4, 0.5) is 0 Å². The van der Waals surface area contributed by atoms with E-state index >= 15 is 0 Å². The Morgan fingerprint density at radius 2 is 1.95 bits per heavy atom. The van der Waals surface area contributed by atoms with Crippen LogP contribution in [0.2, 0.25) is 0 Å². The molecule has 0 bridgehead atoms. The van der Waals surface area contributed by atoms with Crippen molar-refractivity contribution in [1.82, 2.24) is 9.55 Å². The smallest absolute Gasteiger partial charge is 0.243 e. The van der Waals surface area contributed by atoms with Crippen LogP contribution in [-0.4, -0.2) is 34.4 Å². The van der Waals surface area contributed by atoms with Gasteiger partial charge in [0.15, 0.2) is 16.7 Å². The first-order valence-corrected chi connectivity index (χ1v) is 7.21. The van der Waals surface area contributed by atoms with Crippen molar-refractivity contribution in [3.05, 3.63) is 12.1 Å². The van der Waals surface area contributed by atoms with Gasteiger partial charge in [0.1, 0.15) is 0 Å². The lowest BCUT2D eigenvalue weighted by atomic mass is 10.2. The van der Waals surface area contributed by atoms with Crippen molar-refractivity contribution in [3.63, 3.8) is 0 Å². The van der Waals surface area contributed by atoms with Crippen molar-refractivity contribution in [2.75, 3.05) is 19.0 Å². The molecule has 2 heterocycles. The quantitative estimate of drug-likeness (QED) is 0.860. The van der Waals surface area contributed by atoms with E-state index in [1.54, 1.807) is 4.57 Å². The van der Waals surface area contributed by atoms with Gasteiger partial charge >= 0.3 is 0 Å². The monoisotopic (exact) mass is 278 g/mol. The summed E-state index contributed by atoms with van der Waals surface area (Å²) in [7, 11) is 0. The van der Waals surface area contributed by atoms with Crippen LogP contribution in [0.3, 0.4) is 0 Å². The molecular weight excluding hydrogens is 264 g/mol. The number of nitrogens with zero attached hydrogens (tertiary/aromatic N) is 2. The van der Waals surface area contributed by atoms with Crippen LogP contribution in [0.15, 0.2) is 17.3 Å². The Morgan fingerprint density at radius 1 is 1.26 bits per heavy atom. The Labute approximate surface area is 114 Å². The van der Waals surface area contributed by atoms with Gasteiger partial charge in [0.05, 0.1) is 30.0 Å². The largest absolute Gasteiger partial charge is 0.490 e. The molecule has 0 atom stereocenters. The highest BCUT2D eigenvalue weighted by molar-refractivity contribution is 8.00. The average Bonchev–Trinajstić information content (AvgIpc) is 2.91. The van der Waals surface area contributed by atoms with Gasteiger partial charge in [0, 0.05) is 12.1 Å². The Morgan fingerprint density at radius 3 is 2.63 bits per heavy atom. The molecule has 5 nitrogen and oxygen atoms in total. The first-order chi connectivity index (χ1) is 9.24. The summed E-state index contributed by atoms with van der Waals surface area (Å²) in [6.07, 6.45) is 0. The average molecular weight is 278 g/mol. The van der Waals surface area contributed by atoms with E-state index in [2.05, 4.69) is 4.98 Å². The van der Waals surface area contributed by atoms with Crippen LogP contribution in [-0.2, 0) is 0 Å². The maximum Gasteiger partial charge on any atom is 0.243 e. The third kappa shape index (κ3) is 1.96. The van der Waals surface area contributed by atoms with Crippen molar-refractivity contribution in [2.45, 2.75) is 19.0 Å². The lowest BCUT2D eigenvalue weighted by Crippen LogP contribution is -2.06. The van der Waals surface area contributed by atoms with E-state index in [0.29, 0.717) is 30.5 Å². The first-order valence-electron chi connectivity index (χ1n) is 6.22. The number of ether oxygens (including phenoxy) is 2. The van der Waals surface area contributed by atoms with Gasteiger partial charge in [-0.25, -0.2) is 4.98 Å². The summed E-state index contributed by atoms with van der Waals surface area (Å²) in [5.41, 5.74) is 1.55. The van der Waals surface area contributed by atoms with Crippen molar-refractivity contribution in [3.8, 4) is 11.5 Å². The van der Waals surface area contributed by atoms with Gasteiger partial charge in [0.2, 0.25) is 5.91 Å². The zero-order chi connectivity index (χ0) is 13.4. The lowest BCUT2D eigenvalue weighted by Gasteiger charge is -2.11. The molecule has 0 unspecified atom stereocenters. The van der Waals surface area contributed by atoms with E-state index in [9.17, 15) is 4.79 Å². The van der Waals surface area contributed by atoms with Crippen LogP contribution >= 0.6 is 11.8 Å². The summed E-state index contributed by atoms with van der Waals surface area (Å²) in [5.74, 6) is 1.85. The Kier molecular flexibility index (Phi) is 3.10. The molecule has 1 aliphatic heterocycles. The minimum Gasteiger partial charge on any atom is -0.490 e. The molecule has 0 spiro atoms. The maximum absolute atomic E-state index is 11.9. The Balaban J connectivity index is 2.19. The van der Waals surface area contributed by atoms with E-state index in [4.69, 9.17) is 9.47 Å². The van der Waals surface area contributed by atoms with Gasteiger partial charge in [0.25, 0.3) is 0 Å². The number of hydrogen-bond donors (Lipinski definition) is 0. The van der Waals surface area contributed by atoms with Crippen molar-refractivity contribution in [2.24, 2.45) is 0 Å². The highest BCUT2D eigenvalue weighted by atomic mass is 32.2. The normalized spacial score (nSPS) is 13.9. The molecule has 1 aromatic heterocycles. The van der Waals surface area contributed by atoms with Crippen LogP contribution in [0, 0.1) is 0 Å². The van der Waals surface area contributed by atoms with E-state index in [1.807, 2.05) is 26.0 Å². The molecule has 0 radical (unpaired) electrons. The summed E-state index contributed by atoms with van der Waals surface area (Å²) in [5, 5.41) is 0.746. The van der Waals surface area contributed by atoms with E-state index in [1.165, 1.54) is 11.8 Å². The minimum atomic E-state index is 0.0640. The number of carbonyl (C=O) groups is 1. The predicted molar refractivity (Wildman–Crippen MR) is 73.4 cm³/mol. The van der Waals surface area contributed by atoms with Crippen molar-refractivity contribution < 1.29 is 14.3 Å². The number of imidazole rings is 1. The molecule has 0 aliphatic carbocycles. The van der Waals surface area contributed by atoms with Crippen LogP contribution in [0.1, 0.15) is 18.6 Å². The molecule has 0 fully saturated rings. The lowest BCUT2D eigenvalue weighted by molar-refractivity contribution is 0.0944. The van der Waals surface area contributed by atoms with E-state index in [-0.39, 0.29) is 5.91 Å². The van der Waals surface area contributed by atoms with E-state index < -0.39 is 0 Å². The molecule has 0 saturated heterocycles. The second-order valence-electron chi connectivity index (χ2n) is 4.07. The first kappa shape index (κ1) is 12.3. The summed E-state index contributed by atoms with van der Waals surface area (Å²) in [6.45, 7) is 4.95. The predicted octanol–water partition coefficient (Wildman–Crippen LogP) is 2.58. The van der Waals surface area contributed by atoms with Gasteiger partial charge in [-0.2, -0.15) is 0 Å². The third-order valence-electron chi connectivity index (χ3n) is 2.86. The standard InChI is InChI=1S/C13H14N2O3S/c1-3-17-10-5-8-9(6-11(10)18-4-2)15-12(16)7-19-13(15)14-8/h5-6H,3-4,7H2,1-2H3. The summed E-state index contributed by atoms with van der Waals surface area (Å²) in [4.78, 5) is 16.3. The molecule has 19 heavy (non-hydrogen) atoms. The number of rotatable bonds is 4. The highest BCUT2D eigenvalue weighted by Gasteiger charge is 2.25. The SMILES string of the molecule is CCOc1cc2nc3n(c2cc1OCC)C(=O)CS3. The molecule has 2 aromatic rings. The molecule has 100 valence electrons. The van der Waals surface area contributed by atoms with E-state index in [0.717, 1.165) is 16.2 Å². The van der Waals surface area contributed by atoms with Crippen molar-refractivity contribution >= 4 is 28.7 Å². The van der Waals surface area contributed by atoms with Crippen LogP contribution in [0.25, 0.3) is 11.0 Å². The number of benzene rings is 1. The summed E-state index contributed by atoms with van der Waals surface area (Å²) < 4.78 is 12.8. The maximum atomic E-state index is 11.9. The number of aromatic nitrogens is 2. The molecule has 1 aliphatic rings. The molecule has 0 N–H and O–H groups in total. The molecular formula is C13H14N2O3S. The molecule has 0 saturated carbocycles. The fourth-order valence-electron chi connectivity index (χ4n) is 2.13. The summed E-state index contributed by atoms with van der Waals surface area (Å²) in [6, 6.07) is 3.67. The number of carbonyl (C=O) groups excluding carboxylic acids is 1. The fraction of sp³-hybridized carbons (Fsp3) is 0.385. The summed E-state index contributed by atoms with van der Waals surface area (Å²) >= 11 is 1.46.